The van der Waals surface area contributed by atoms with Crippen molar-refractivity contribution in [1.29, 1.82) is 0 Å². The molecule has 3 atom stereocenters. The maximum Gasteiger partial charge on any atom is 0.0570 e. The highest BCUT2D eigenvalue weighted by atomic mass is 16.3. The van der Waals surface area contributed by atoms with Crippen LogP contribution in [0.4, 0.5) is 0 Å². The standard InChI is InChI=1S/C21H23NO/c23-16-10-11-22-13-19-17-6-2-1-4-14(17)8-9-15-5-3-7-18(21(15)19)20(22)12-16/h1-7,16,19-20,23H,8-13H2/t16-,19-,20-/m0/s1. The molecule has 0 saturated carbocycles. The lowest BCUT2D eigenvalue weighted by Crippen LogP contribution is -2.44. The van der Waals surface area contributed by atoms with Crippen molar-refractivity contribution in [2.75, 3.05) is 13.1 Å². The third kappa shape index (κ3) is 2.09. The molecule has 118 valence electrons. The number of hydrogen-bond acceptors (Lipinski definition) is 2. The Hall–Kier alpha value is -1.64. The Balaban J connectivity index is 1.71. The lowest BCUT2D eigenvalue weighted by atomic mass is 9.76. The van der Waals surface area contributed by atoms with Gasteiger partial charge >= 0.3 is 0 Å². The Morgan fingerprint density at radius 1 is 0.913 bits per heavy atom. The van der Waals surface area contributed by atoms with Gasteiger partial charge in [0.2, 0.25) is 0 Å². The molecule has 0 bridgehead atoms. The molecule has 0 unspecified atom stereocenters. The third-order valence-electron chi connectivity index (χ3n) is 6.13. The summed E-state index contributed by atoms with van der Waals surface area (Å²) in [6.45, 7) is 2.13. The Morgan fingerprint density at radius 2 is 1.70 bits per heavy atom. The molecule has 2 aliphatic heterocycles. The zero-order chi connectivity index (χ0) is 15.4. The van der Waals surface area contributed by atoms with Gasteiger partial charge in [0, 0.05) is 25.0 Å². The van der Waals surface area contributed by atoms with Crippen LogP contribution in [0, 0.1) is 0 Å². The molecule has 23 heavy (non-hydrogen) atoms. The van der Waals surface area contributed by atoms with E-state index in [1.165, 1.54) is 22.3 Å². The normalized spacial score (nSPS) is 29.2. The number of piperidine rings is 1. The van der Waals surface area contributed by atoms with Gasteiger partial charge in [0.25, 0.3) is 0 Å². The van der Waals surface area contributed by atoms with Crippen molar-refractivity contribution in [3.63, 3.8) is 0 Å². The fourth-order valence-corrected chi connectivity index (χ4v) is 5.05. The monoisotopic (exact) mass is 305 g/mol. The summed E-state index contributed by atoms with van der Waals surface area (Å²) in [5.41, 5.74) is 7.64. The zero-order valence-electron chi connectivity index (χ0n) is 13.4. The average Bonchev–Trinajstić information content (AvgIpc) is 2.74. The minimum Gasteiger partial charge on any atom is -0.393 e. The van der Waals surface area contributed by atoms with Crippen molar-refractivity contribution in [2.24, 2.45) is 0 Å². The van der Waals surface area contributed by atoms with Crippen LogP contribution in [0.3, 0.4) is 0 Å². The van der Waals surface area contributed by atoms with Crippen LogP contribution < -0.4 is 0 Å². The van der Waals surface area contributed by atoms with Gasteiger partial charge in [-0.15, -0.1) is 0 Å². The van der Waals surface area contributed by atoms with Crippen LogP contribution >= 0.6 is 0 Å². The molecule has 1 N–H and O–H groups in total. The first-order valence-electron chi connectivity index (χ1n) is 8.93. The van der Waals surface area contributed by atoms with Crippen LogP contribution in [-0.2, 0) is 12.8 Å². The van der Waals surface area contributed by atoms with E-state index in [2.05, 4.69) is 47.4 Å². The molecule has 1 saturated heterocycles. The molecule has 5 rings (SSSR count). The predicted octanol–water partition coefficient (Wildman–Crippen LogP) is 3.43. The molecular formula is C21H23NO. The Kier molecular flexibility index (Phi) is 3.10. The summed E-state index contributed by atoms with van der Waals surface area (Å²) in [5.74, 6) is 0.506. The van der Waals surface area contributed by atoms with Gasteiger partial charge in [0.1, 0.15) is 0 Å². The third-order valence-corrected chi connectivity index (χ3v) is 6.13. The molecule has 1 aliphatic carbocycles. The Labute approximate surface area is 137 Å². The van der Waals surface area contributed by atoms with E-state index in [0.717, 1.165) is 38.8 Å². The van der Waals surface area contributed by atoms with Crippen molar-refractivity contribution >= 4 is 0 Å². The van der Waals surface area contributed by atoms with Crippen LogP contribution in [0.5, 0.6) is 0 Å². The molecule has 0 aromatic heterocycles. The van der Waals surface area contributed by atoms with Crippen molar-refractivity contribution in [1.82, 2.24) is 4.90 Å². The minimum absolute atomic E-state index is 0.137. The van der Waals surface area contributed by atoms with Gasteiger partial charge < -0.3 is 5.11 Å². The Bertz CT molecular complexity index is 753. The van der Waals surface area contributed by atoms with Gasteiger partial charge in [-0.25, -0.2) is 0 Å². The fourth-order valence-electron chi connectivity index (χ4n) is 5.05. The molecule has 0 spiro atoms. The molecule has 2 nitrogen and oxygen atoms in total. The van der Waals surface area contributed by atoms with E-state index in [1.807, 2.05) is 0 Å². The first kappa shape index (κ1) is 13.8. The topological polar surface area (TPSA) is 23.5 Å². The SMILES string of the molecule is O[C@H]1CCN2C[C@H]3c4ccccc4CCc4cccc(c43)[C@@H]2C1. The van der Waals surface area contributed by atoms with Crippen molar-refractivity contribution < 1.29 is 5.11 Å². The van der Waals surface area contributed by atoms with Gasteiger partial charge in [-0.3, -0.25) is 4.90 Å². The molecule has 0 amide bonds. The summed E-state index contributed by atoms with van der Waals surface area (Å²) in [6, 6.07) is 16.3. The number of fused-ring (bicyclic) bond motifs is 4. The van der Waals surface area contributed by atoms with Crippen molar-refractivity contribution in [3.05, 3.63) is 70.3 Å². The van der Waals surface area contributed by atoms with E-state index in [0.29, 0.717) is 12.0 Å². The Morgan fingerprint density at radius 3 is 2.65 bits per heavy atom. The van der Waals surface area contributed by atoms with Gasteiger partial charge in [-0.2, -0.15) is 0 Å². The summed E-state index contributed by atoms with van der Waals surface area (Å²) < 4.78 is 0. The molecular weight excluding hydrogens is 282 g/mol. The molecule has 0 radical (unpaired) electrons. The first-order valence-corrected chi connectivity index (χ1v) is 8.93. The van der Waals surface area contributed by atoms with Crippen LogP contribution in [0.15, 0.2) is 42.5 Å². The summed E-state index contributed by atoms with van der Waals surface area (Å²) in [4.78, 5) is 2.62. The second-order valence-electron chi connectivity index (χ2n) is 7.36. The number of aryl methyl sites for hydroxylation is 2. The number of hydrogen-bond donors (Lipinski definition) is 1. The lowest BCUT2D eigenvalue weighted by Gasteiger charge is -2.46. The smallest absolute Gasteiger partial charge is 0.0570 e. The average molecular weight is 305 g/mol. The van der Waals surface area contributed by atoms with E-state index in [1.54, 1.807) is 5.56 Å². The molecule has 2 heterocycles. The van der Waals surface area contributed by atoms with Crippen LogP contribution in [-0.4, -0.2) is 29.2 Å². The highest BCUT2D eigenvalue weighted by molar-refractivity contribution is 5.51. The zero-order valence-corrected chi connectivity index (χ0v) is 13.4. The van der Waals surface area contributed by atoms with Gasteiger partial charge in [-0.1, -0.05) is 42.5 Å². The van der Waals surface area contributed by atoms with Crippen LogP contribution in [0.2, 0.25) is 0 Å². The van der Waals surface area contributed by atoms with E-state index in [4.69, 9.17) is 0 Å². The second kappa shape index (κ2) is 5.19. The summed E-state index contributed by atoms with van der Waals surface area (Å²) in [7, 11) is 0. The minimum atomic E-state index is -0.137. The van der Waals surface area contributed by atoms with Crippen LogP contribution in [0.1, 0.15) is 52.6 Å². The van der Waals surface area contributed by atoms with Gasteiger partial charge in [0.05, 0.1) is 6.10 Å². The molecule has 2 aromatic carbocycles. The van der Waals surface area contributed by atoms with E-state index < -0.39 is 0 Å². The first-order chi connectivity index (χ1) is 11.3. The summed E-state index contributed by atoms with van der Waals surface area (Å²) in [6.07, 6.45) is 3.97. The number of nitrogens with zero attached hydrogens (tertiary/aromatic N) is 1. The predicted molar refractivity (Wildman–Crippen MR) is 91.7 cm³/mol. The highest BCUT2D eigenvalue weighted by Gasteiger charge is 2.39. The van der Waals surface area contributed by atoms with Crippen molar-refractivity contribution in [3.8, 4) is 0 Å². The molecule has 2 aromatic rings. The van der Waals surface area contributed by atoms with E-state index in [-0.39, 0.29) is 6.10 Å². The molecule has 2 heteroatoms. The van der Waals surface area contributed by atoms with E-state index in [9.17, 15) is 5.11 Å². The number of aliphatic hydroxyl groups is 1. The largest absolute Gasteiger partial charge is 0.393 e. The van der Waals surface area contributed by atoms with Crippen LogP contribution in [0.25, 0.3) is 0 Å². The van der Waals surface area contributed by atoms with Gasteiger partial charge in [0.15, 0.2) is 0 Å². The summed E-state index contributed by atoms with van der Waals surface area (Å²) in [5, 5.41) is 10.2. The fraction of sp³-hybridized carbons (Fsp3) is 0.429. The molecule has 3 aliphatic rings. The molecule has 1 fully saturated rings. The number of aliphatic hydroxyl groups excluding tert-OH is 1. The van der Waals surface area contributed by atoms with E-state index >= 15 is 0 Å². The second-order valence-corrected chi connectivity index (χ2v) is 7.36. The maximum absolute atomic E-state index is 10.2. The maximum atomic E-state index is 10.2. The van der Waals surface area contributed by atoms with Crippen molar-refractivity contribution in [2.45, 2.75) is 43.7 Å². The quantitative estimate of drug-likeness (QED) is 0.806. The highest BCUT2D eigenvalue weighted by Crippen LogP contribution is 2.46. The number of benzene rings is 2. The number of rotatable bonds is 0. The lowest BCUT2D eigenvalue weighted by molar-refractivity contribution is 0.0328. The van der Waals surface area contributed by atoms with Gasteiger partial charge in [-0.05, 0) is 53.5 Å². The summed E-state index contributed by atoms with van der Waals surface area (Å²) >= 11 is 0.